The molecule has 0 aliphatic carbocycles. The molecule has 14 heavy (non-hydrogen) atoms. The Labute approximate surface area is 83.3 Å². The molecule has 0 saturated heterocycles. The molecular formula is C9H16N4O. The Kier molecular flexibility index (Phi) is 3.64. The van der Waals surface area contributed by atoms with Crippen LogP contribution in [0.1, 0.15) is 25.1 Å². The number of aromatic nitrogens is 2. The summed E-state index contributed by atoms with van der Waals surface area (Å²) in [6.45, 7) is 2.62. The molecule has 5 nitrogen and oxygen atoms in total. The molecule has 0 spiro atoms. The summed E-state index contributed by atoms with van der Waals surface area (Å²) >= 11 is 0. The van der Waals surface area contributed by atoms with Gasteiger partial charge in [-0.15, -0.1) is 0 Å². The summed E-state index contributed by atoms with van der Waals surface area (Å²) in [5.41, 5.74) is 6.12. The van der Waals surface area contributed by atoms with E-state index >= 15 is 0 Å². The molecular weight excluding hydrogens is 180 g/mol. The van der Waals surface area contributed by atoms with Crippen molar-refractivity contribution in [3.63, 3.8) is 0 Å². The van der Waals surface area contributed by atoms with Gasteiger partial charge >= 0.3 is 0 Å². The third-order valence-electron chi connectivity index (χ3n) is 2.12. The van der Waals surface area contributed by atoms with E-state index in [-0.39, 0.29) is 11.9 Å². The zero-order chi connectivity index (χ0) is 10.6. The molecule has 0 saturated carbocycles. The summed E-state index contributed by atoms with van der Waals surface area (Å²) < 4.78 is 1.81. The van der Waals surface area contributed by atoms with Gasteiger partial charge in [0.1, 0.15) is 0 Å². The number of carbonyl (C=O) groups is 1. The number of rotatable bonds is 5. The van der Waals surface area contributed by atoms with E-state index in [4.69, 9.17) is 5.73 Å². The number of nitrogens with zero attached hydrogens (tertiary/aromatic N) is 2. The first kappa shape index (κ1) is 10.7. The highest BCUT2D eigenvalue weighted by Gasteiger charge is 2.08. The fourth-order valence-corrected chi connectivity index (χ4v) is 1.33. The van der Waals surface area contributed by atoms with E-state index < -0.39 is 0 Å². The summed E-state index contributed by atoms with van der Waals surface area (Å²) in [5.74, 6) is -0.283. The van der Waals surface area contributed by atoms with Crippen molar-refractivity contribution < 1.29 is 4.79 Å². The number of hydrogen-bond donors (Lipinski definition) is 2. The normalized spacial score (nSPS) is 12.7. The molecule has 1 heterocycles. The molecule has 5 heteroatoms. The van der Waals surface area contributed by atoms with Crippen LogP contribution in [0.2, 0.25) is 0 Å². The van der Waals surface area contributed by atoms with Crippen molar-refractivity contribution in [3.8, 4) is 0 Å². The molecule has 0 bridgehead atoms. The summed E-state index contributed by atoms with van der Waals surface area (Å²) in [6.07, 6.45) is 2.11. The van der Waals surface area contributed by atoms with Gasteiger partial charge in [0, 0.05) is 32.3 Å². The van der Waals surface area contributed by atoms with Gasteiger partial charge < -0.3 is 11.1 Å². The van der Waals surface area contributed by atoms with Gasteiger partial charge in [-0.2, -0.15) is 5.10 Å². The van der Waals surface area contributed by atoms with Crippen molar-refractivity contribution in [2.24, 2.45) is 12.8 Å². The van der Waals surface area contributed by atoms with Crippen molar-refractivity contribution in [3.05, 3.63) is 18.0 Å². The molecule has 0 aliphatic rings. The molecule has 1 atom stereocenters. The van der Waals surface area contributed by atoms with Crippen molar-refractivity contribution >= 4 is 5.91 Å². The Morgan fingerprint density at radius 2 is 2.50 bits per heavy atom. The van der Waals surface area contributed by atoms with Crippen molar-refractivity contribution in [1.82, 2.24) is 15.1 Å². The maximum absolute atomic E-state index is 10.5. The zero-order valence-electron chi connectivity index (χ0n) is 8.53. The topological polar surface area (TPSA) is 72.9 Å². The lowest BCUT2D eigenvalue weighted by atomic mass is 10.2. The molecule has 0 aliphatic heterocycles. The van der Waals surface area contributed by atoms with Gasteiger partial charge in [-0.3, -0.25) is 9.48 Å². The van der Waals surface area contributed by atoms with E-state index in [0.717, 1.165) is 5.69 Å². The maximum Gasteiger partial charge on any atom is 0.218 e. The summed E-state index contributed by atoms with van der Waals surface area (Å²) in [4.78, 5) is 10.5. The van der Waals surface area contributed by atoms with Crippen molar-refractivity contribution in [2.75, 3.05) is 6.54 Å². The van der Waals surface area contributed by atoms with Crippen LogP contribution in [0.25, 0.3) is 0 Å². The molecule has 0 aromatic carbocycles. The Balaban J connectivity index is 2.39. The van der Waals surface area contributed by atoms with Crippen LogP contribution in [-0.2, 0) is 11.8 Å². The Bertz CT molecular complexity index is 308. The van der Waals surface area contributed by atoms with Gasteiger partial charge in [0.2, 0.25) is 5.91 Å². The number of nitrogens with one attached hydrogen (secondary N) is 1. The predicted octanol–water partition coefficient (Wildman–Crippen LogP) is -0.0539. The second kappa shape index (κ2) is 4.76. The maximum atomic E-state index is 10.5. The predicted molar refractivity (Wildman–Crippen MR) is 53.4 cm³/mol. The first-order chi connectivity index (χ1) is 6.61. The van der Waals surface area contributed by atoms with Gasteiger partial charge in [0.05, 0.1) is 5.69 Å². The average Bonchev–Trinajstić information content (AvgIpc) is 2.50. The van der Waals surface area contributed by atoms with Gasteiger partial charge in [0.15, 0.2) is 0 Å². The molecule has 1 rings (SSSR count). The molecule has 0 fully saturated rings. The standard InChI is InChI=1S/C9H16N4O/c1-7(11-5-4-9(10)14)8-3-6-12-13(8)2/h3,6-7,11H,4-5H2,1-2H3,(H2,10,14). The fraction of sp³-hybridized carbons (Fsp3) is 0.556. The SMILES string of the molecule is CC(NCCC(N)=O)c1ccnn1C. The van der Waals surface area contributed by atoms with E-state index in [9.17, 15) is 4.79 Å². The van der Waals surface area contributed by atoms with Crippen molar-refractivity contribution in [2.45, 2.75) is 19.4 Å². The van der Waals surface area contributed by atoms with Gasteiger partial charge in [-0.05, 0) is 13.0 Å². The van der Waals surface area contributed by atoms with Crippen LogP contribution in [0.15, 0.2) is 12.3 Å². The number of nitrogens with two attached hydrogens (primary N) is 1. The van der Waals surface area contributed by atoms with E-state index in [1.165, 1.54) is 0 Å². The lowest BCUT2D eigenvalue weighted by Crippen LogP contribution is -2.25. The van der Waals surface area contributed by atoms with Crippen LogP contribution in [0.4, 0.5) is 0 Å². The fourth-order valence-electron chi connectivity index (χ4n) is 1.33. The summed E-state index contributed by atoms with van der Waals surface area (Å²) in [7, 11) is 1.89. The van der Waals surface area contributed by atoms with Crippen LogP contribution in [0.5, 0.6) is 0 Å². The number of carbonyl (C=O) groups excluding carboxylic acids is 1. The second-order valence-corrected chi connectivity index (χ2v) is 3.27. The van der Waals surface area contributed by atoms with Gasteiger partial charge in [0.25, 0.3) is 0 Å². The Hall–Kier alpha value is -1.36. The highest BCUT2D eigenvalue weighted by molar-refractivity contribution is 5.73. The monoisotopic (exact) mass is 196 g/mol. The van der Waals surface area contributed by atoms with Crippen LogP contribution in [-0.4, -0.2) is 22.2 Å². The van der Waals surface area contributed by atoms with Crippen LogP contribution >= 0.6 is 0 Å². The molecule has 78 valence electrons. The van der Waals surface area contributed by atoms with E-state index in [2.05, 4.69) is 10.4 Å². The Morgan fingerprint density at radius 1 is 1.79 bits per heavy atom. The molecule has 1 aromatic heterocycles. The largest absolute Gasteiger partial charge is 0.370 e. The highest BCUT2D eigenvalue weighted by Crippen LogP contribution is 2.09. The molecule has 1 amide bonds. The number of aryl methyl sites for hydroxylation is 1. The minimum absolute atomic E-state index is 0.182. The first-order valence-corrected chi connectivity index (χ1v) is 4.61. The smallest absolute Gasteiger partial charge is 0.218 e. The van der Waals surface area contributed by atoms with Crippen LogP contribution in [0, 0.1) is 0 Å². The second-order valence-electron chi connectivity index (χ2n) is 3.27. The number of amides is 1. The summed E-state index contributed by atoms with van der Waals surface area (Å²) in [5, 5.41) is 7.26. The third-order valence-corrected chi connectivity index (χ3v) is 2.12. The molecule has 1 aromatic rings. The minimum Gasteiger partial charge on any atom is -0.370 e. The quantitative estimate of drug-likeness (QED) is 0.693. The van der Waals surface area contributed by atoms with Crippen LogP contribution < -0.4 is 11.1 Å². The zero-order valence-corrected chi connectivity index (χ0v) is 8.53. The van der Waals surface area contributed by atoms with E-state index in [1.54, 1.807) is 6.20 Å². The molecule has 0 radical (unpaired) electrons. The minimum atomic E-state index is -0.283. The lowest BCUT2D eigenvalue weighted by Gasteiger charge is -2.13. The Morgan fingerprint density at radius 3 is 3.00 bits per heavy atom. The summed E-state index contributed by atoms with van der Waals surface area (Å²) in [6, 6.07) is 2.13. The molecule has 1 unspecified atom stereocenters. The van der Waals surface area contributed by atoms with Gasteiger partial charge in [-0.1, -0.05) is 0 Å². The highest BCUT2D eigenvalue weighted by atomic mass is 16.1. The third kappa shape index (κ3) is 2.85. The van der Waals surface area contributed by atoms with Crippen molar-refractivity contribution in [1.29, 1.82) is 0 Å². The van der Waals surface area contributed by atoms with E-state index in [1.807, 2.05) is 24.7 Å². The lowest BCUT2D eigenvalue weighted by molar-refractivity contribution is -0.117. The average molecular weight is 196 g/mol. The van der Waals surface area contributed by atoms with Gasteiger partial charge in [-0.25, -0.2) is 0 Å². The number of primary amides is 1. The first-order valence-electron chi connectivity index (χ1n) is 4.61. The van der Waals surface area contributed by atoms with Crippen LogP contribution in [0.3, 0.4) is 0 Å². The number of hydrogen-bond acceptors (Lipinski definition) is 3. The molecule has 3 N–H and O–H groups in total. The van der Waals surface area contributed by atoms with E-state index in [0.29, 0.717) is 13.0 Å².